The second-order valence-corrected chi connectivity index (χ2v) is 24.9. The third kappa shape index (κ3) is 13.6. The number of aliphatic hydroxyl groups excluding tert-OH is 3. The van der Waals surface area contributed by atoms with Gasteiger partial charge < -0.3 is 40.7 Å². The van der Waals surface area contributed by atoms with E-state index in [4.69, 9.17) is 5.11 Å². The zero-order valence-corrected chi connectivity index (χ0v) is 47.1. The van der Waals surface area contributed by atoms with Crippen molar-refractivity contribution in [3.8, 4) is 21.6 Å². The summed E-state index contributed by atoms with van der Waals surface area (Å²) < 4.78 is 57.6. The van der Waals surface area contributed by atoms with Crippen molar-refractivity contribution in [2.75, 3.05) is 80.9 Å². The van der Waals surface area contributed by atoms with Crippen molar-refractivity contribution in [3.63, 3.8) is 0 Å². The minimum absolute atomic E-state index is 0.0753. The molecule has 0 radical (unpaired) electrons. The maximum absolute atomic E-state index is 15.7. The summed E-state index contributed by atoms with van der Waals surface area (Å²) in [6.07, 6.45) is 2.85. The van der Waals surface area contributed by atoms with Gasteiger partial charge in [0, 0.05) is 92.5 Å². The number of carbonyl (C=O) groups excluding carboxylic acids is 3. The van der Waals surface area contributed by atoms with Gasteiger partial charge in [-0.05, 0) is 91.2 Å². The van der Waals surface area contributed by atoms with Crippen molar-refractivity contribution in [2.24, 2.45) is 11.3 Å². The molecule has 6 heterocycles. The van der Waals surface area contributed by atoms with E-state index in [1.807, 2.05) is 62.2 Å². The van der Waals surface area contributed by atoms with Crippen LogP contribution >= 0.6 is 11.3 Å². The number of ketones is 1. The number of hydrogen-bond acceptors (Lipinski definition) is 15. The Morgan fingerprint density at radius 3 is 2.29 bits per heavy atom. The summed E-state index contributed by atoms with van der Waals surface area (Å²) in [5.74, 6) is -4.57. The summed E-state index contributed by atoms with van der Waals surface area (Å²) in [4.78, 5) is 63.3. The number of halogens is 2. The number of aryl methyl sites for hydroxylation is 1. The van der Waals surface area contributed by atoms with E-state index in [1.165, 1.54) is 6.20 Å². The number of amides is 2. The molecule has 3 aromatic carbocycles. The lowest BCUT2D eigenvalue weighted by Gasteiger charge is -2.40. The van der Waals surface area contributed by atoms with E-state index in [2.05, 4.69) is 71.1 Å². The number of sulfonamides is 1. The SMILES string of the molecule is C=C(NCc1ccc(-c2scnc2C)cc1)[C@@H]1C[C@@H](O)CN1C(=O)[C@@H](NC(=O)CN1CCC(CN2CCN(c3ccc(-c4cnc5[nH]cc(C(=O)c6c(F)ccc(NS(=O)(=O)CC(O)CO)c6F)c5c4)cc3)CC2)CC1)C(C)(C)C. The van der Waals surface area contributed by atoms with Gasteiger partial charge in [0.1, 0.15) is 17.5 Å². The number of anilines is 2. The van der Waals surface area contributed by atoms with Crippen molar-refractivity contribution in [2.45, 2.75) is 77.8 Å². The number of rotatable bonds is 20. The number of β-amino-alcohol motifs (C(OH)–C–C–N with tert-alkyl or cyclic N) is 1. The van der Waals surface area contributed by atoms with E-state index in [1.54, 1.807) is 28.5 Å². The number of carbonyl (C=O) groups is 3. The smallest absolute Gasteiger partial charge is 0.246 e. The lowest BCUT2D eigenvalue weighted by molar-refractivity contribution is -0.140. The van der Waals surface area contributed by atoms with E-state index < -0.39 is 80.8 Å². The summed E-state index contributed by atoms with van der Waals surface area (Å²) in [6, 6.07) is 18.3. The topological polar surface area (TPSA) is 237 Å². The van der Waals surface area contributed by atoms with Gasteiger partial charge in [0.15, 0.2) is 5.82 Å². The predicted molar refractivity (Wildman–Crippen MR) is 305 cm³/mol. The van der Waals surface area contributed by atoms with Crippen molar-refractivity contribution < 1.29 is 46.9 Å². The monoisotopic (exact) mass is 1140 g/mol. The summed E-state index contributed by atoms with van der Waals surface area (Å²) in [6.45, 7) is 18.1. The number of thiazole rings is 1. The summed E-state index contributed by atoms with van der Waals surface area (Å²) in [5, 5.41) is 36.2. The van der Waals surface area contributed by atoms with Gasteiger partial charge in [-0.25, -0.2) is 27.2 Å². The number of aliphatic hydroxyl groups is 3. The molecule has 3 fully saturated rings. The Labute approximate surface area is 469 Å². The maximum atomic E-state index is 15.7. The first kappa shape index (κ1) is 58.0. The first-order chi connectivity index (χ1) is 38.1. The van der Waals surface area contributed by atoms with Gasteiger partial charge in [0.2, 0.25) is 27.6 Å². The molecular formula is C58H70F2N10O8S2. The number of benzene rings is 3. The summed E-state index contributed by atoms with van der Waals surface area (Å²) >= 11 is 1.61. The lowest BCUT2D eigenvalue weighted by Crippen LogP contribution is -2.58. The van der Waals surface area contributed by atoms with Crippen molar-refractivity contribution in [1.82, 2.24) is 40.3 Å². The fraction of sp³-hybridized carbons (Fsp3) is 0.431. The van der Waals surface area contributed by atoms with Crippen LogP contribution in [0.25, 0.3) is 32.6 Å². The number of H-pyrrole nitrogens is 1. The summed E-state index contributed by atoms with van der Waals surface area (Å²) in [5.41, 5.74) is 6.12. The number of nitrogens with one attached hydrogen (secondary N) is 4. The number of hydrogen-bond donors (Lipinski definition) is 7. The van der Waals surface area contributed by atoms with Gasteiger partial charge >= 0.3 is 0 Å². The number of fused-ring (bicyclic) bond motifs is 1. The molecule has 18 nitrogen and oxygen atoms in total. The number of aromatic amines is 1. The molecule has 9 rings (SSSR count). The van der Waals surface area contributed by atoms with Gasteiger partial charge in [0.25, 0.3) is 0 Å². The van der Waals surface area contributed by atoms with Crippen LogP contribution in [-0.2, 0) is 26.2 Å². The Morgan fingerprint density at radius 2 is 1.62 bits per heavy atom. The molecule has 4 atom stereocenters. The van der Waals surface area contributed by atoms with E-state index in [-0.39, 0.29) is 30.5 Å². The highest BCUT2D eigenvalue weighted by Crippen LogP contribution is 2.33. The van der Waals surface area contributed by atoms with Gasteiger partial charge in [-0.15, -0.1) is 11.3 Å². The van der Waals surface area contributed by atoms with Crippen LogP contribution in [-0.4, -0.2) is 167 Å². The average molecular weight is 1140 g/mol. The molecule has 22 heteroatoms. The largest absolute Gasteiger partial charge is 0.394 e. The number of piperazine rings is 1. The Morgan fingerprint density at radius 1 is 0.925 bits per heavy atom. The van der Waals surface area contributed by atoms with Gasteiger partial charge in [-0.1, -0.05) is 63.7 Å². The van der Waals surface area contributed by atoms with Crippen LogP contribution in [0, 0.1) is 29.9 Å². The van der Waals surface area contributed by atoms with Crippen LogP contribution < -0.4 is 20.3 Å². The van der Waals surface area contributed by atoms with Crippen molar-refractivity contribution in [1.29, 1.82) is 0 Å². The predicted octanol–water partition coefficient (Wildman–Crippen LogP) is 5.90. The highest BCUT2D eigenvalue weighted by atomic mass is 32.2. The molecule has 1 unspecified atom stereocenters. The van der Waals surface area contributed by atoms with E-state index in [9.17, 15) is 33.0 Å². The zero-order valence-electron chi connectivity index (χ0n) is 45.4. The van der Waals surface area contributed by atoms with Crippen LogP contribution in [0.5, 0.6) is 0 Å². The highest BCUT2D eigenvalue weighted by molar-refractivity contribution is 7.92. The van der Waals surface area contributed by atoms with Gasteiger partial charge in [-0.2, -0.15) is 0 Å². The second-order valence-electron chi connectivity index (χ2n) is 22.3. The molecule has 2 amide bonds. The summed E-state index contributed by atoms with van der Waals surface area (Å²) in [7, 11) is -4.37. The minimum atomic E-state index is -4.37. The number of nitrogens with zero attached hydrogens (tertiary/aromatic N) is 6. The molecule has 7 N–H and O–H groups in total. The molecule has 3 aromatic heterocycles. The Bertz CT molecular complexity index is 3320. The first-order valence-electron chi connectivity index (χ1n) is 26.9. The highest BCUT2D eigenvalue weighted by Gasteiger charge is 2.43. The normalized spacial score (nSPS) is 18.6. The Hall–Kier alpha value is -6.66. The maximum Gasteiger partial charge on any atom is 0.246 e. The van der Waals surface area contributed by atoms with Crippen LogP contribution in [0.2, 0.25) is 0 Å². The molecule has 0 saturated carbocycles. The van der Waals surface area contributed by atoms with Crippen molar-refractivity contribution in [3.05, 3.63) is 131 Å². The number of pyridine rings is 1. The van der Waals surface area contributed by atoms with E-state index in [0.29, 0.717) is 41.2 Å². The Balaban J connectivity index is 0.729. The zero-order chi connectivity index (χ0) is 57.0. The standard InChI is InChI=1S/C58H70F2N10O8S2/c1-35(61-26-37-6-8-40(9-7-37)54-36(2)64-34-79-54)49-25-43(72)30-70(49)57(76)55(58(3,4)5)65-50(74)31-67-18-16-38(17-19-67)29-68-20-22-69(23-21-68)42-12-10-39(11-13-42)41-24-45-46(28-63-56(45)62-27-41)53(75)51-47(59)14-15-48(52(51)60)66-80(77,78)33-44(73)32-71/h6-15,24,27-28,34,38,43-44,49,55,61,66,71-73H,1,16-23,25-26,29-33H2,2-5H3,(H,62,63)(H,65,74)/t43-,44?,49+,55-/m1/s1. The van der Waals surface area contributed by atoms with Crippen LogP contribution in [0.1, 0.15) is 67.2 Å². The minimum Gasteiger partial charge on any atom is -0.394 e. The van der Waals surface area contributed by atoms with Gasteiger partial charge in [0.05, 0.1) is 64.5 Å². The molecule has 6 aromatic rings. The molecule has 3 aliphatic heterocycles. The third-order valence-electron chi connectivity index (χ3n) is 15.4. The molecule has 426 valence electrons. The molecular weight excluding hydrogens is 1070 g/mol. The fourth-order valence-electron chi connectivity index (χ4n) is 10.9. The number of piperidine rings is 1. The van der Waals surface area contributed by atoms with Crippen molar-refractivity contribution >= 4 is 61.4 Å². The van der Waals surface area contributed by atoms with E-state index >= 15 is 8.78 Å². The molecule has 0 aliphatic carbocycles. The number of aromatic nitrogens is 3. The quantitative estimate of drug-likeness (QED) is 0.0442. The molecule has 3 saturated heterocycles. The second kappa shape index (κ2) is 24.6. The molecule has 80 heavy (non-hydrogen) atoms. The first-order valence-corrected chi connectivity index (χ1v) is 29.5. The Kier molecular flexibility index (Phi) is 17.8. The van der Waals surface area contributed by atoms with Crippen LogP contribution in [0.4, 0.5) is 20.2 Å². The molecule has 0 bridgehead atoms. The van der Waals surface area contributed by atoms with Crippen LogP contribution in [0.3, 0.4) is 0 Å². The third-order valence-corrected chi connectivity index (χ3v) is 17.7. The lowest BCUT2D eigenvalue weighted by atomic mass is 9.85. The number of likely N-dealkylation sites (tertiary alicyclic amines) is 2. The van der Waals surface area contributed by atoms with E-state index in [0.717, 1.165) is 104 Å². The average Bonchev–Trinajstić information content (AvgIpc) is 4.19. The fourth-order valence-corrected chi connectivity index (χ4v) is 12.9. The molecule has 0 spiro atoms. The van der Waals surface area contributed by atoms with Crippen LogP contribution in [0.15, 0.2) is 96.9 Å². The molecule has 3 aliphatic rings. The van der Waals surface area contributed by atoms with Gasteiger partial charge in [-0.3, -0.25) is 28.9 Å².